The maximum Gasteiger partial charge on any atom is 0.142 e. The van der Waals surface area contributed by atoms with Gasteiger partial charge in [-0.3, -0.25) is 0 Å². The minimum absolute atomic E-state index is 0.542. The number of halogens is 1. The number of fused-ring (bicyclic) bond motifs is 1. The second-order valence-electron chi connectivity index (χ2n) is 4.14. The molecule has 2 aromatic heterocycles. The third-order valence-electron chi connectivity index (χ3n) is 2.86. The number of nitrogens with zero attached hydrogens (tertiary/aromatic N) is 2. The van der Waals surface area contributed by atoms with E-state index in [2.05, 4.69) is 29.0 Å². The van der Waals surface area contributed by atoms with Crippen molar-refractivity contribution in [2.24, 2.45) is 0 Å². The van der Waals surface area contributed by atoms with E-state index in [0.717, 1.165) is 21.3 Å². The summed E-state index contributed by atoms with van der Waals surface area (Å²) in [6, 6.07) is 10.2. The first-order valence-corrected chi connectivity index (χ1v) is 6.85. The van der Waals surface area contributed by atoms with Crippen LogP contribution < -0.4 is 0 Å². The summed E-state index contributed by atoms with van der Waals surface area (Å²) in [5.41, 5.74) is 2.32. The monoisotopic (exact) mass is 274 g/mol. The Morgan fingerprint density at radius 1 is 1.06 bits per heavy atom. The number of benzene rings is 1. The van der Waals surface area contributed by atoms with Gasteiger partial charge in [-0.1, -0.05) is 41.9 Å². The number of hydrogen-bond donors (Lipinski definition) is 0. The second kappa shape index (κ2) is 4.34. The molecule has 0 unspecified atom stereocenters. The van der Waals surface area contributed by atoms with Crippen LogP contribution in [0.15, 0.2) is 30.3 Å². The van der Waals surface area contributed by atoms with E-state index < -0.39 is 0 Å². The molecule has 2 heterocycles. The van der Waals surface area contributed by atoms with Crippen LogP contribution in [0.1, 0.15) is 10.7 Å². The van der Waals surface area contributed by atoms with Gasteiger partial charge in [-0.25, -0.2) is 9.97 Å². The highest BCUT2D eigenvalue weighted by atomic mass is 35.5. The second-order valence-corrected chi connectivity index (χ2v) is 5.70. The highest BCUT2D eigenvalue weighted by Gasteiger charge is 2.16. The maximum atomic E-state index is 6.29. The third-order valence-corrected chi connectivity index (χ3v) is 4.13. The largest absolute Gasteiger partial charge is 0.222 e. The normalized spacial score (nSPS) is 11.1. The minimum Gasteiger partial charge on any atom is -0.222 e. The van der Waals surface area contributed by atoms with Gasteiger partial charge in [-0.05, 0) is 19.4 Å². The van der Waals surface area contributed by atoms with E-state index in [1.165, 1.54) is 4.88 Å². The third kappa shape index (κ3) is 1.80. The van der Waals surface area contributed by atoms with Gasteiger partial charge >= 0.3 is 0 Å². The number of aromatic nitrogens is 2. The van der Waals surface area contributed by atoms with Crippen LogP contribution in [0, 0.1) is 13.8 Å². The molecule has 0 radical (unpaired) electrons. The molecule has 0 N–H and O–H groups in total. The minimum atomic E-state index is 0.542. The predicted molar refractivity (Wildman–Crippen MR) is 77.3 cm³/mol. The smallest absolute Gasteiger partial charge is 0.142 e. The van der Waals surface area contributed by atoms with Gasteiger partial charge in [0.15, 0.2) is 0 Å². The Labute approximate surface area is 114 Å². The van der Waals surface area contributed by atoms with Crippen LogP contribution in [-0.2, 0) is 0 Å². The Morgan fingerprint density at radius 2 is 1.78 bits per heavy atom. The van der Waals surface area contributed by atoms with Gasteiger partial charge in [0.05, 0.1) is 5.39 Å². The molecule has 1 aromatic carbocycles. The SMILES string of the molecule is Cc1nc(Cl)c2c(-c3ccccc3)c(C)sc2n1. The van der Waals surface area contributed by atoms with Gasteiger partial charge in [-0.2, -0.15) is 0 Å². The van der Waals surface area contributed by atoms with Gasteiger partial charge in [-0.15, -0.1) is 11.3 Å². The molecule has 0 fully saturated rings. The highest BCUT2D eigenvalue weighted by molar-refractivity contribution is 7.19. The number of hydrogen-bond acceptors (Lipinski definition) is 3. The topological polar surface area (TPSA) is 25.8 Å². The van der Waals surface area contributed by atoms with E-state index in [4.69, 9.17) is 11.6 Å². The van der Waals surface area contributed by atoms with Crippen LogP contribution in [0.2, 0.25) is 5.15 Å². The summed E-state index contributed by atoms with van der Waals surface area (Å²) >= 11 is 7.95. The van der Waals surface area contributed by atoms with Gasteiger partial charge in [0.1, 0.15) is 15.8 Å². The Kier molecular flexibility index (Phi) is 2.80. The van der Waals surface area contributed by atoms with Crippen LogP contribution in [0.5, 0.6) is 0 Å². The van der Waals surface area contributed by atoms with E-state index in [9.17, 15) is 0 Å². The molecule has 0 atom stereocenters. The molecule has 0 aliphatic heterocycles. The zero-order chi connectivity index (χ0) is 12.7. The van der Waals surface area contributed by atoms with Crippen molar-refractivity contribution >= 4 is 33.2 Å². The van der Waals surface area contributed by atoms with Gasteiger partial charge in [0, 0.05) is 10.4 Å². The summed E-state index contributed by atoms with van der Waals surface area (Å²) < 4.78 is 0. The molecule has 0 saturated heterocycles. The van der Waals surface area contributed by atoms with E-state index in [1.807, 2.05) is 25.1 Å². The van der Waals surface area contributed by atoms with Crippen molar-refractivity contribution in [3.63, 3.8) is 0 Å². The van der Waals surface area contributed by atoms with E-state index >= 15 is 0 Å². The first-order valence-electron chi connectivity index (χ1n) is 5.65. The quantitative estimate of drug-likeness (QED) is 0.605. The number of aryl methyl sites for hydroxylation is 2. The first-order chi connectivity index (χ1) is 8.66. The Balaban J connectivity index is 2.40. The molecule has 2 nitrogen and oxygen atoms in total. The van der Waals surface area contributed by atoms with E-state index in [1.54, 1.807) is 11.3 Å². The first kappa shape index (κ1) is 11.6. The van der Waals surface area contributed by atoms with Crippen LogP contribution in [0.3, 0.4) is 0 Å². The summed E-state index contributed by atoms with van der Waals surface area (Å²) in [5.74, 6) is 0.716. The zero-order valence-electron chi connectivity index (χ0n) is 10.1. The summed E-state index contributed by atoms with van der Waals surface area (Å²) in [7, 11) is 0. The van der Waals surface area contributed by atoms with Crippen molar-refractivity contribution in [3.8, 4) is 11.1 Å². The molecular formula is C14H11ClN2S. The standard InChI is InChI=1S/C14H11ClN2S/c1-8-11(10-6-4-3-5-7-10)12-13(15)16-9(2)17-14(12)18-8/h3-7H,1-2H3. The molecule has 18 heavy (non-hydrogen) atoms. The predicted octanol–water partition coefficient (Wildman–Crippen LogP) is 4.63. The molecular weight excluding hydrogens is 264 g/mol. The lowest BCUT2D eigenvalue weighted by Gasteiger charge is -2.03. The Morgan fingerprint density at radius 3 is 2.50 bits per heavy atom. The lowest BCUT2D eigenvalue weighted by molar-refractivity contribution is 1.10. The highest BCUT2D eigenvalue weighted by Crippen LogP contribution is 2.40. The van der Waals surface area contributed by atoms with Gasteiger partial charge in [0.25, 0.3) is 0 Å². The lowest BCUT2D eigenvalue weighted by Crippen LogP contribution is -1.88. The fourth-order valence-corrected chi connectivity index (χ4v) is 3.58. The molecule has 0 spiro atoms. The average Bonchev–Trinajstić information content (AvgIpc) is 2.66. The maximum absolute atomic E-state index is 6.29. The van der Waals surface area contributed by atoms with Gasteiger partial charge in [0.2, 0.25) is 0 Å². The van der Waals surface area contributed by atoms with E-state index in [-0.39, 0.29) is 0 Å². The molecule has 0 saturated carbocycles. The van der Waals surface area contributed by atoms with E-state index in [0.29, 0.717) is 11.0 Å². The molecule has 4 heteroatoms. The summed E-state index contributed by atoms with van der Waals surface area (Å²) in [4.78, 5) is 10.9. The van der Waals surface area contributed by atoms with Crippen molar-refractivity contribution in [2.75, 3.05) is 0 Å². The average molecular weight is 275 g/mol. The Hall–Kier alpha value is -1.45. The van der Waals surface area contributed by atoms with Gasteiger partial charge < -0.3 is 0 Å². The molecule has 3 aromatic rings. The van der Waals surface area contributed by atoms with Crippen LogP contribution in [0.25, 0.3) is 21.3 Å². The number of thiophene rings is 1. The van der Waals surface area contributed by atoms with Crippen LogP contribution in [-0.4, -0.2) is 9.97 Å². The van der Waals surface area contributed by atoms with Crippen LogP contribution in [0.4, 0.5) is 0 Å². The molecule has 0 amide bonds. The molecule has 3 rings (SSSR count). The number of rotatable bonds is 1. The van der Waals surface area contributed by atoms with Crippen LogP contribution >= 0.6 is 22.9 Å². The van der Waals surface area contributed by atoms with Crippen molar-refractivity contribution in [2.45, 2.75) is 13.8 Å². The fourth-order valence-electron chi connectivity index (χ4n) is 2.12. The fraction of sp³-hybridized carbons (Fsp3) is 0.143. The van der Waals surface area contributed by atoms with Crippen molar-refractivity contribution in [3.05, 3.63) is 46.2 Å². The molecule has 0 aliphatic carbocycles. The zero-order valence-corrected chi connectivity index (χ0v) is 11.6. The van der Waals surface area contributed by atoms with Crippen molar-refractivity contribution in [1.29, 1.82) is 0 Å². The molecule has 0 aliphatic rings. The summed E-state index contributed by atoms with van der Waals surface area (Å²) in [6.07, 6.45) is 0. The molecule has 90 valence electrons. The van der Waals surface area contributed by atoms with Crippen molar-refractivity contribution < 1.29 is 0 Å². The summed E-state index contributed by atoms with van der Waals surface area (Å²) in [5, 5.41) is 1.51. The lowest BCUT2D eigenvalue weighted by atomic mass is 10.0. The summed E-state index contributed by atoms with van der Waals surface area (Å²) in [6.45, 7) is 3.96. The van der Waals surface area contributed by atoms with Crippen molar-refractivity contribution in [1.82, 2.24) is 9.97 Å². The molecule has 0 bridgehead atoms. The Bertz CT molecular complexity index is 719.